The van der Waals surface area contributed by atoms with E-state index < -0.39 is 6.10 Å². The summed E-state index contributed by atoms with van der Waals surface area (Å²) in [7, 11) is 0. The normalized spacial score (nSPS) is 14.5. The van der Waals surface area contributed by atoms with E-state index in [-0.39, 0.29) is 11.8 Å². The van der Waals surface area contributed by atoms with Gasteiger partial charge in [0.05, 0.1) is 12.1 Å². The van der Waals surface area contributed by atoms with E-state index >= 15 is 0 Å². The number of hydrogen-bond donors (Lipinski definition) is 3. The van der Waals surface area contributed by atoms with Crippen LogP contribution in [0.15, 0.2) is 36.4 Å². The lowest BCUT2D eigenvalue weighted by Gasteiger charge is -2.19. The molecule has 2 aromatic rings. The number of rotatable bonds is 5. The Morgan fingerprint density at radius 1 is 1.11 bits per heavy atom. The molecule has 0 heterocycles. The molecule has 3 heteroatoms. The van der Waals surface area contributed by atoms with E-state index in [1.165, 1.54) is 0 Å². The third-order valence-corrected chi connectivity index (χ3v) is 3.50. The standard InChI is InChI=1S/C16H21NO2/c1-2-3-4-15(19)16(17)13-6-5-12-10-14(18)8-7-11(12)9-13/h5-10,15-16,18-19H,2-4,17H2,1H3/t15-,16+/m1/s1. The van der Waals surface area contributed by atoms with Crippen LogP contribution < -0.4 is 5.73 Å². The van der Waals surface area contributed by atoms with Gasteiger partial charge in [0.1, 0.15) is 5.75 Å². The molecule has 0 spiro atoms. The third kappa shape index (κ3) is 3.25. The molecule has 2 atom stereocenters. The van der Waals surface area contributed by atoms with Gasteiger partial charge in [-0.2, -0.15) is 0 Å². The first-order valence-corrected chi connectivity index (χ1v) is 6.78. The molecule has 0 saturated carbocycles. The predicted octanol–water partition coefficient (Wildman–Crippen LogP) is 3.10. The summed E-state index contributed by atoms with van der Waals surface area (Å²) in [6.45, 7) is 2.10. The Bertz CT molecular complexity index is 553. The Morgan fingerprint density at radius 2 is 1.79 bits per heavy atom. The van der Waals surface area contributed by atoms with Crippen molar-refractivity contribution in [2.45, 2.75) is 38.3 Å². The summed E-state index contributed by atoms with van der Waals surface area (Å²) in [5.74, 6) is 0.257. The van der Waals surface area contributed by atoms with Crippen LogP contribution >= 0.6 is 0 Å². The first-order valence-electron chi connectivity index (χ1n) is 6.78. The van der Waals surface area contributed by atoms with E-state index in [0.717, 1.165) is 35.6 Å². The van der Waals surface area contributed by atoms with Crippen molar-refractivity contribution < 1.29 is 10.2 Å². The summed E-state index contributed by atoms with van der Waals surface area (Å²) < 4.78 is 0. The highest BCUT2D eigenvalue weighted by Crippen LogP contribution is 2.25. The van der Waals surface area contributed by atoms with Crippen LogP contribution in [-0.2, 0) is 0 Å². The van der Waals surface area contributed by atoms with Crippen molar-refractivity contribution in [1.82, 2.24) is 0 Å². The van der Waals surface area contributed by atoms with Crippen LogP contribution in [0.2, 0.25) is 0 Å². The van der Waals surface area contributed by atoms with Crippen LogP contribution in [0.5, 0.6) is 5.75 Å². The van der Waals surface area contributed by atoms with E-state index in [9.17, 15) is 10.2 Å². The number of hydrogen-bond acceptors (Lipinski definition) is 3. The number of benzene rings is 2. The lowest BCUT2D eigenvalue weighted by molar-refractivity contribution is 0.132. The molecule has 0 aliphatic heterocycles. The average molecular weight is 259 g/mol. The smallest absolute Gasteiger partial charge is 0.116 e. The summed E-state index contributed by atoms with van der Waals surface area (Å²) in [6.07, 6.45) is 2.26. The molecule has 0 aliphatic rings. The molecule has 0 fully saturated rings. The minimum absolute atomic E-state index is 0.257. The third-order valence-electron chi connectivity index (χ3n) is 3.50. The number of fused-ring (bicyclic) bond motifs is 1. The average Bonchev–Trinajstić information content (AvgIpc) is 2.43. The van der Waals surface area contributed by atoms with Gasteiger partial charge in [-0.25, -0.2) is 0 Å². The van der Waals surface area contributed by atoms with Crippen molar-refractivity contribution in [3.63, 3.8) is 0 Å². The summed E-state index contributed by atoms with van der Waals surface area (Å²) >= 11 is 0. The van der Waals surface area contributed by atoms with Crippen molar-refractivity contribution in [3.8, 4) is 5.75 Å². The molecular weight excluding hydrogens is 238 g/mol. The minimum Gasteiger partial charge on any atom is -0.508 e. The van der Waals surface area contributed by atoms with E-state index in [2.05, 4.69) is 6.92 Å². The molecule has 0 unspecified atom stereocenters. The van der Waals surface area contributed by atoms with E-state index in [4.69, 9.17) is 5.73 Å². The molecule has 0 bridgehead atoms. The highest BCUT2D eigenvalue weighted by Gasteiger charge is 2.16. The van der Waals surface area contributed by atoms with Crippen LogP contribution in [0.1, 0.15) is 37.8 Å². The Balaban J connectivity index is 2.22. The van der Waals surface area contributed by atoms with Crippen LogP contribution in [0.25, 0.3) is 10.8 Å². The van der Waals surface area contributed by atoms with Crippen molar-refractivity contribution in [2.75, 3.05) is 0 Å². The largest absolute Gasteiger partial charge is 0.508 e. The molecule has 0 amide bonds. The highest BCUT2D eigenvalue weighted by atomic mass is 16.3. The van der Waals surface area contributed by atoms with Crippen molar-refractivity contribution in [2.24, 2.45) is 5.73 Å². The molecule has 19 heavy (non-hydrogen) atoms. The molecule has 4 N–H and O–H groups in total. The second kappa shape index (κ2) is 6.04. The Hall–Kier alpha value is -1.58. The second-order valence-corrected chi connectivity index (χ2v) is 5.03. The summed E-state index contributed by atoms with van der Waals surface area (Å²) in [5, 5.41) is 21.5. The minimum atomic E-state index is -0.505. The van der Waals surface area contributed by atoms with Gasteiger partial charge in [-0.3, -0.25) is 0 Å². The van der Waals surface area contributed by atoms with Crippen LogP contribution in [-0.4, -0.2) is 16.3 Å². The molecule has 3 nitrogen and oxygen atoms in total. The van der Waals surface area contributed by atoms with Crippen LogP contribution in [0, 0.1) is 0 Å². The van der Waals surface area contributed by atoms with E-state index in [0.29, 0.717) is 0 Å². The van der Waals surface area contributed by atoms with Crippen molar-refractivity contribution in [1.29, 1.82) is 0 Å². The Morgan fingerprint density at radius 3 is 2.53 bits per heavy atom. The Labute approximate surface area is 113 Å². The number of phenols is 1. The van der Waals surface area contributed by atoms with Gasteiger partial charge in [-0.15, -0.1) is 0 Å². The summed E-state index contributed by atoms with van der Waals surface area (Å²) in [5.41, 5.74) is 7.03. The van der Waals surface area contributed by atoms with Gasteiger partial charge in [-0.1, -0.05) is 38.0 Å². The van der Waals surface area contributed by atoms with Gasteiger partial charge in [0, 0.05) is 0 Å². The van der Waals surface area contributed by atoms with Crippen molar-refractivity contribution in [3.05, 3.63) is 42.0 Å². The number of aromatic hydroxyl groups is 1. The fraction of sp³-hybridized carbons (Fsp3) is 0.375. The van der Waals surface area contributed by atoms with Crippen molar-refractivity contribution >= 4 is 10.8 Å². The zero-order chi connectivity index (χ0) is 13.8. The molecule has 0 aromatic heterocycles. The first-order chi connectivity index (χ1) is 9.11. The SMILES string of the molecule is CCCC[C@@H](O)[C@@H](N)c1ccc2cc(O)ccc2c1. The van der Waals surface area contributed by atoms with Gasteiger partial charge in [-0.05, 0) is 41.0 Å². The maximum absolute atomic E-state index is 10.1. The maximum Gasteiger partial charge on any atom is 0.116 e. The Kier molecular flexibility index (Phi) is 4.40. The zero-order valence-corrected chi connectivity index (χ0v) is 11.2. The molecule has 102 valence electrons. The number of nitrogens with two attached hydrogens (primary N) is 1. The molecule has 0 radical (unpaired) electrons. The fourth-order valence-electron chi connectivity index (χ4n) is 2.27. The zero-order valence-electron chi connectivity index (χ0n) is 11.2. The van der Waals surface area contributed by atoms with Crippen LogP contribution in [0.4, 0.5) is 0 Å². The van der Waals surface area contributed by atoms with Gasteiger partial charge in [0.25, 0.3) is 0 Å². The van der Waals surface area contributed by atoms with Gasteiger partial charge in [0.15, 0.2) is 0 Å². The number of aliphatic hydroxyl groups is 1. The highest BCUT2D eigenvalue weighted by molar-refractivity contribution is 5.84. The summed E-state index contributed by atoms with van der Waals surface area (Å²) in [4.78, 5) is 0. The monoisotopic (exact) mass is 259 g/mol. The number of phenolic OH excluding ortho intramolecular Hbond substituents is 1. The first kappa shape index (κ1) is 13.8. The lowest BCUT2D eigenvalue weighted by atomic mass is 9.96. The molecule has 2 rings (SSSR count). The lowest BCUT2D eigenvalue weighted by Crippen LogP contribution is -2.26. The topological polar surface area (TPSA) is 66.5 Å². The van der Waals surface area contributed by atoms with Gasteiger partial charge >= 0.3 is 0 Å². The molecule has 2 aromatic carbocycles. The second-order valence-electron chi connectivity index (χ2n) is 5.03. The summed E-state index contributed by atoms with van der Waals surface area (Å²) in [6, 6.07) is 10.7. The quantitative estimate of drug-likeness (QED) is 0.773. The van der Waals surface area contributed by atoms with E-state index in [1.807, 2.05) is 24.3 Å². The van der Waals surface area contributed by atoms with Gasteiger partial charge < -0.3 is 15.9 Å². The molecule has 0 saturated heterocycles. The van der Waals surface area contributed by atoms with Crippen LogP contribution in [0.3, 0.4) is 0 Å². The van der Waals surface area contributed by atoms with E-state index in [1.54, 1.807) is 12.1 Å². The molecule has 0 aliphatic carbocycles. The molecular formula is C16H21NO2. The number of aliphatic hydroxyl groups excluding tert-OH is 1. The predicted molar refractivity (Wildman–Crippen MR) is 78.1 cm³/mol. The maximum atomic E-state index is 10.1. The van der Waals surface area contributed by atoms with Gasteiger partial charge in [0.2, 0.25) is 0 Å². The number of unbranched alkanes of at least 4 members (excludes halogenated alkanes) is 1. The fourth-order valence-corrected chi connectivity index (χ4v) is 2.27.